The average Bonchev–Trinajstić information content (AvgIpc) is 2.87. The molecule has 4 nitrogen and oxygen atoms in total. The number of fused-ring (bicyclic) bond motifs is 1. The Bertz CT molecular complexity index is 502. The van der Waals surface area contributed by atoms with Gasteiger partial charge < -0.3 is 10.1 Å². The topological polar surface area (TPSA) is 49.9 Å². The van der Waals surface area contributed by atoms with Gasteiger partial charge in [-0.05, 0) is 30.4 Å². The summed E-state index contributed by atoms with van der Waals surface area (Å²) in [5.74, 6) is 0.676. The molecule has 1 atom stereocenters. The van der Waals surface area contributed by atoms with E-state index in [4.69, 9.17) is 4.74 Å². The van der Waals surface area contributed by atoms with Crippen LogP contribution in [0, 0.1) is 5.92 Å². The Morgan fingerprint density at radius 1 is 1.44 bits per heavy atom. The summed E-state index contributed by atoms with van der Waals surface area (Å²) in [6.07, 6.45) is 4.34. The van der Waals surface area contributed by atoms with Crippen LogP contribution in [0.3, 0.4) is 0 Å². The minimum absolute atomic E-state index is 0.676. The molecule has 0 radical (unpaired) electrons. The highest BCUT2D eigenvalue weighted by Crippen LogP contribution is 2.14. The number of nitrogens with zero attached hydrogens (tertiary/aromatic N) is 1. The van der Waals surface area contributed by atoms with E-state index in [-0.39, 0.29) is 0 Å². The van der Waals surface area contributed by atoms with Crippen molar-refractivity contribution in [1.82, 2.24) is 15.5 Å². The van der Waals surface area contributed by atoms with E-state index in [0.717, 1.165) is 31.8 Å². The zero-order valence-electron chi connectivity index (χ0n) is 10.5. The lowest BCUT2D eigenvalue weighted by atomic mass is 10.0. The van der Waals surface area contributed by atoms with Crippen molar-refractivity contribution in [3.05, 3.63) is 30.0 Å². The summed E-state index contributed by atoms with van der Waals surface area (Å²) in [6.45, 7) is 3.80. The molecule has 2 aromatic rings. The number of rotatable bonds is 4. The van der Waals surface area contributed by atoms with Crippen molar-refractivity contribution in [1.29, 1.82) is 0 Å². The van der Waals surface area contributed by atoms with Crippen LogP contribution in [0.5, 0.6) is 0 Å². The number of aromatic nitrogens is 2. The first-order valence-electron chi connectivity index (χ1n) is 6.62. The molecule has 0 saturated carbocycles. The van der Waals surface area contributed by atoms with Gasteiger partial charge >= 0.3 is 0 Å². The molecule has 1 aliphatic heterocycles. The molecule has 1 aromatic heterocycles. The fourth-order valence-electron chi connectivity index (χ4n) is 2.48. The van der Waals surface area contributed by atoms with Crippen LogP contribution >= 0.6 is 0 Å². The van der Waals surface area contributed by atoms with E-state index >= 15 is 0 Å². The number of nitrogens with one attached hydrogen (secondary N) is 2. The lowest BCUT2D eigenvalue weighted by Gasteiger charge is -2.22. The highest BCUT2D eigenvalue weighted by atomic mass is 16.5. The highest BCUT2D eigenvalue weighted by Gasteiger charge is 2.12. The van der Waals surface area contributed by atoms with Gasteiger partial charge in [0.25, 0.3) is 0 Å². The van der Waals surface area contributed by atoms with Crippen LogP contribution in [0.15, 0.2) is 24.4 Å². The van der Waals surface area contributed by atoms with Crippen LogP contribution in [0.1, 0.15) is 18.4 Å². The van der Waals surface area contributed by atoms with Crippen molar-refractivity contribution < 1.29 is 4.74 Å². The Hall–Kier alpha value is -1.39. The number of H-pyrrole nitrogens is 1. The lowest BCUT2D eigenvalue weighted by Crippen LogP contribution is -2.28. The minimum atomic E-state index is 0.676. The summed E-state index contributed by atoms with van der Waals surface area (Å²) >= 11 is 0. The van der Waals surface area contributed by atoms with E-state index in [1.54, 1.807) is 0 Å². The van der Waals surface area contributed by atoms with Gasteiger partial charge in [-0.2, -0.15) is 5.10 Å². The van der Waals surface area contributed by atoms with E-state index in [1.807, 2.05) is 6.20 Å². The molecule has 96 valence electrons. The molecule has 0 spiro atoms. The van der Waals surface area contributed by atoms with Crippen LogP contribution in [-0.4, -0.2) is 30.0 Å². The van der Waals surface area contributed by atoms with Gasteiger partial charge in [-0.1, -0.05) is 12.1 Å². The molecule has 2 N–H and O–H groups in total. The van der Waals surface area contributed by atoms with Crippen LogP contribution in [0.2, 0.25) is 0 Å². The smallest absolute Gasteiger partial charge is 0.0653 e. The van der Waals surface area contributed by atoms with Crippen molar-refractivity contribution in [2.24, 2.45) is 5.92 Å². The fourth-order valence-corrected chi connectivity index (χ4v) is 2.48. The fraction of sp³-hybridized carbons (Fsp3) is 0.500. The minimum Gasteiger partial charge on any atom is -0.381 e. The molecule has 0 bridgehead atoms. The van der Waals surface area contributed by atoms with Crippen LogP contribution in [0.4, 0.5) is 0 Å². The molecule has 0 amide bonds. The van der Waals surface area contributed by atoms with Crippen molar-refractivity contribution in [3.8, 4) is 0 Å². The Labute approximate surface area is 107 Å². The number of hydrogen-bond donors (Lipinski definition) is 2. The van der Waals surface area contributed by atoms with E-state index in [9.17, 15) is 0 Å². The van der Waals surface area contributed by atoms with Crippen LogP contribution in [-0.2, 0) is 11.3 Å². The Kier molecular flexibility index (Phi) is 3.57. The second kappa shape index (κ2) is 5.50. The van der Waals surface area contributed by atoms with Crippen molar-refractivity contribution in [2.45, 2.75) is 19.4 Å². The molecule has 1 unspecified atom stereocenters. The third-order valence-electron chi connectivity index (χ3n) is 3.52. The van der Waals surface area contributed by atoms with Crippen molar-refractivity contribution >= 4 is 10.9 Å². The molecular weight excluding hydrogens is 226 g/mol. The summed E-state index contributed by atoms with van der Waals surface area (Å²) in [7, 11) is 0. The second-order valence-electron chi connectivity index (χ2n) is 5.01. The summed E-state index contributed by atoms with van der Waals surface area (Å²) in [5, 5.41) is 11.7. The van der Waals surface area contributed by atoms with Gasteiger partial charge in [-0.3, -0.25) is 5.10 Å². The molecule has 4 heteroatoms. The molecule has 1 saturated heterocycles. The Morgan fingerprint density at radius 2 is 2.44 bits per heavy atom. The summed E-state index contributed by atoms with van der Waals surface area (Å²) in [5.41, 5.74) is 2.40. The number of hydrogen-bond acceptors (Lipinski definition) is 3. The maximum absolute atomic E-state index is 5.48. The molecule has 0 aliphatic carbocycles. The zero-order chi connectivity index (χ0) is 12.2. The SMILES string of the molecule is c1cc2cn[nH]c2cc1CNCC1CCCOC1. The third-order valence-corrected chi connectivity index (χ3v) is 3.52. The maximum atomic E-state index is 5.48. The molecule has 3 rings (SSSR count). The van der Waals surface area contributed by atoms with Gasteiger partial charge in [-0.25, -0.2) is 0 Å². The van der Waals surface area contributed by atoms with E-state index < -0.39 is 0 Å². The van der Waals surface area contributed by atoms with Gasteiger partial charge in [0.15, 0.2) is 0 Å². The van der Waals surface area contributed by atoms with Gasteiger partial charge in [0.1, 0.15) is 0 Å². The normalized spacial score (nSPS) is 20.3. The van der Waals surface area contributed by atoms with E-state index in [1.165, 1.54) is 23.8 Å². The van der Waals surface area contributed by atoms with Crippen molar-refractivity contribution in [3.63, 3.8) is 0 Å². The van der Waals surface area contributed by atoms with Crippen LogP contribution < -0.4 is 5.32 Å². The molecule has 18 heavy (non-hydrogen) atoms. The van der Waals surface area contributed by atoms with E-state index in [0.29, 0.717) is 5.92 Å². The average molecular weight is 245 g/mol. The monoisotopic (exact) mass is 245 g/mol. The Morgan fingerprint density at radius 3 is 3.33 bits per heavy atom. The maximum Gasteiger partial charge on any atom is 0.0653 e. The number of ether oxygens (including phenoxy) is 1. The summed E-state index contributed by atoms with van der Waals surface area (Å²) < 4.78 is 5.48. The van der Waals surface area contributed by atoms with Gasteiger partial charge in [0.2, 0.25) is 0 Å². The largest absolute Gasteiger partial charge is 0.381 e. The van der Waals surface area contributed by atoms with E-state index in [2.05, 4.69) is 33.7 Å². The van der Waals surface area contributed by atoms with Gasteiger partial charge in [0.05, 0.1) is 18.3 Å². The number of aromatic amines is 1. The first kappa shape index (κ1) is 11.7. The molecule has 1 aliphatic rings. The predicted molar refractivity (Wildman–Crippen MR) is 71.3 cm³/mol. The zero-order valence-corrected chi connectivity index (χ0v) is 10.5. The summed E-state index contributed by atoms with van der Waals surface area (Å²) in [4.78, 5) is 0. The predicted octanol–water partition coefficient (Wildman–Crippen LogP) is 2.08. The summed E-state index contributed by atoms with van der Waals surface area (Å²) in [6, 6.07) is 6.43. The Balaban J connectivity index is 1.52. The standard InChI is InChI=1S/C14H19N3O/c1-2-12(10-18-5-1)8-15-7-11-3-4-13-9-16-17-14(13)6-11/h3-4,6,9,12,15H,1-2,5,7-8,10H2,(H,16,17). The van der Waals surface area contributed by atoms with Crippen molar-refractivity contribution in [2.75, 3.05) is 19.8 Å². The first-order chi connectivity index (χ1) is 8.92. The van der Waals surface area contributed by atoms with Gasteiger partial charge in [0, 0.05) is 25.1 Å². The first-order valence-corrected chi connectivity index (χ1v) is 6.62. The quantitative estimate of drug-likeness (QED) is 0.867. The molecule has 1 aromatic carbocycles. The highest BCUT2D eigenvalue weighted by molar-refractivity contribution is 5.78. The third kappa shape index (κ3) is 2.71. The van der Waals surface area contributed by atoms with Crippen LogP contribution in [0.25, 0.3) is 10.9 Å². The second-order valence-corrected chi connectivity index (χ2v) is 5.01. The molecular formula is C14H19N3O. The number of benzene rings is 1. The molecule has 1 fully saturated rings. The van der Waals surface area contributed by atoms with Gasteiger partial charge in [-0.15, -0.1) is 0 Å². The lowest BCUT2D eigenvalue weighted by molar-refractivity contribution is 0.0547. The molecule has 2 heterocycles.